The summed E-state index contributed by atoms with van der Waals surface area (Å²) in [6.07, 6.45) is -0.324. The third-order valence-electron chi connectivity index (χ3n) is 3.55. The molecule has 2 nitrogen and oxygen atoms in total. The number of alkyl halides is 3. The summed E-state index contributed by atoms with van der Waals surface area (Å²) in [7, 11) is 0. The first-order chi connectivity index (χ1) is 8.45. The van der Waals surface area contributed by atoms with Crippen LogP contribution in [0.15, 0.2) is 24.3 Å². The van der Waals surface area contributed by atoms with Gasteiger partial charge >= 0.3 is 6.18 Å². The zero-order valence-electron chi connectivity index (χ0n) is 10.1. The molecule has 0 radical (unpaired) electrons. The quantitative estimate of drug-likeness (QED) is 0.872. The Morgan fingerprint density at radius 2 is 1.89 bits per heavy atom. The van der Waals surface area contributed by atoms with Crippen molar-refractivity contribution in [3.63, 3.8) is 0 Å². The van der Waals surface area contributed by atoms with E-state index in [1.165, 1.54) is 6.07 Å². The van der Waals surface area contributed by atoms with E-state index < -0.39 is 11.7 Å². The van der Waals surface area contributed by atoms with Crippen LogP contribution in [0.3, 0.4) is 0 Å². The van der Waals surface area contributed by atoms with Crippen LogP contribution >= 0.6 is 0 Å². The normalized spacial score (nSPS) is 18.9. The summed E-state index contributed by atoms with van der Waals surface area (Å²) in [6, 6.07) is 5.31. The second-order valence-corrected chi connectivity index (χ2v) is 4.90. The predicted molar refractivity (Wildman–Crippen MR) is 65.3 cm³/mol. The summed E-state index contributed by atoms with van der Waals surface area (Å²) in [6.45, 7) is 0.448. The number of anilines is 1. The molecule has 5 heteroatoms. The van der Waals surface area contributed by atoms with Crippen LogP contribution in [0.5, 0.6) is 0 Å². The third-order valence-corrected chi connectivity index (χ3v) is 3.55. The highest BCUT2D eigenvalue weighted by atomic mass is 19.4. The van der Waals surface area contributed by atoms with Crippen molar-refractivity contribution in [3.05, 3.63) is 29.8 Å². The smallest absolute Gasteiger partial charge is 0.378 e. The van der Waals surface area contributed by atoms with Gasteiger partial charge in [0.05, 0.1) is 5.56 Å². The maximum absolute atomic E-state index is 12.6. The summed E-state index contributed by atoms with van der Waals surface area (Å²) in [5.41, 5.74) is 5.39. The Hall–Kier alpha value is -1.23. The molecule has 3 N–H and O–H groups in total. The molecule has 1 aromatic carbocycles. The molecule has 0 saturated heterocycles. The molecule has 100 valence electrons. The lowest BCUT2D eigenvalue weighted by molar-refractivity contribution is -0.137. The predicted octanol–water partition coefficient (Wildman–Crippen LogP) is 3.39. The Morgan fingerprint density at radius 1 is 1.22 bits per heavy atom. The topological polar surface area (TPSA) is 38.0 Å². The third kappa shape index (κ3) is 2.77. The summed E-state index contributed by atoms with van der Waals surface area (Å²) >= 11 is 0. The maximum Gasteiger partial charge on any atom is 0.416 e. The summed E-state index contributed by atoms with van der Waals surface area (Å²) in [5, 5.41) is 3.19. The number of halogens is 3. The molecule has 0 amide bonds. The SMILES string of the molecule is NCC1(Nc2cccc(C(F)(F)F)c2)CCCC1. The largest absolute Gasteiger partial charge is 0.416 e. The standard InChI is InChI=1S/C13H17F3N2/c14-13(15,16)10-4-3-5-11(8-10)18-12(9-17)6-1-2-7-12/h3-5,8,18H,1-2,6-7,9,17H2. The highest BCUT2D eigenvalue weighted by Crippen LogP contribution is 2.35. The summed E-state index contributed by atoms with van der Waals surface area (Å²) < 4.78 is 37.8. The average molecular weight is 258 g/mol. The molecule has 0 aliphatic heterocycles. The Kier molecular flexibility index (Phi) is 3.52. The molecule has 1 aliphatic rings. The highest BCUT2D eigenvalue weighted by molar-refractivity contribution is 5.49. The number of hydrogen-bond acceptors (Lipinski definition) is 2. The van der Waals surface area contributed by atoms with Gasteiger partial charge in [0.15, 0.2) is 0 Å². The van der Waals surface area contributed by atoms with Crippen molar-refractivity contribution in [3.8, 4) is 0 Å². The van der Waals surface area contributed by atoms with Gasteiger partial charge in [-0.25, -0.2) is 0 Å². The molecule has 2 rings (SSSR count). The van der Waals surface area contributed by atoms with Gasteiger partial charge in [0.2, 0.25) is 0 Å². The van der Waals surface area contributed by atoms with Gasteiger partial charge in [0.1, 0.15) is 0 Å². The molecule has 0 unspecified atom stereocenters. The van der Waals surface area contributed by atoms with Gasteiger partial charge in [0.25, 0.3) is 0 Å². The second-order valence-electron chi connectivity index (χ2n) is 4.90. The van der Waals surface area contributed by atoms with Crippen LogP contribution in [0, 0.1) is 0 Å². The van der Waals surface area contributed by atoms with Crippen LogP contribution in [-0.2, 0) is 6.18 Å². The Labute approximate surface area is 104 Å². The molecule has 18 heavy (non-hydrogen) atoms. The van der Waals surface area contributed by atoms with E-state index in [1.807, 2.05) is 0 Å². The number of nitrogens with one attached hydrogen (secondary N) is 1. The van der Waals surface area contributed by atoms with Gasteiger partial charge < -0.3 is 11.1 Å². The molecule has 1 fully saturated rings. The molecular formula is C13H17F3N2. The Morgan fingerprint density at radius 3 is 2.44 bits per heavy atom. The van der Waals surface area contributed by atoms with Crippen LogP contribution in [0.1, 0.15) is 31.2 Å². The fourth-order valence-electron chi connectivity index (χ4n) is 2.51. The van der Waals surface area contributed by atoms with Gasteiger partial charge in [-0.3, -0.25) is 0 Å². The van der Waals surface area contributed by atoms with Crippen LogP contribution in [-0.4, -0.2) is 12.1 Å². The Bertz CT molecular complexity index is 409. The van der Waals surface area contributed by atoms with Crippen molar-refractivity contribution in [1.29, 1.82) is 0 Å². The van der Waals surface area contributed by atoms with Crippen molar-refractivity contribution < 1.29 is 13.2 Å². The monoisotopic (exact) mass is 258 g/mol. The van der Waals surface area contributed by atoms with E-state index in [2.05, 4.69) is 5.32 Å². The molecule has 0 atom stereocenters. The average Bonchev–Trinajstić information content (AvgIpc) is 2.77. The van der Waals surface area contributed by atoms with Crippen molar-refractivity contribution in [2.45, 2.75) is 37.4 Å². The second kappa shape index (κ2) is 4.80. The number of rotatable bonds is 3. The van der Waals surface area contributed by atoms with Crippen LogP contribution < -0.4 is 11.1 Å². The van der Waals surface area contributed by atoms with Crippen molar-refractivity contribution in [2.24, 2.45) is 5.73 Å². The van der Waals surface area contributed by atoms with E-state index in [1.54, 1.807) is 6.07 Å². The first kappa shape index (κ1) is 13.2. The minimum absolute atomic E-state index is 0.232. The molecule has 0 aromatic heterocycles. The fraction of sp³-hybridized carbons (Fsp3) is 0.538. The molecule has 0 bridgehead atoms. The zero-order chi connectivity index (χ0) is 13.2. The Balaban J connectivity index is 2.19. The van der Waals surface area contributed by atoms with Gasteiger partial charge in [-0.15, -0.1) is 0 Å². The molecule has 1 saturated carbocycles. The van der Waals surface area contributed by atoms with Crippen molar-refractivity contribution >= 4 is 5.69 Å². The zero-order valence-corrected chi connectivity index (χ0v) is 10.1. The van der Waals surface area contributed by atoms with Crippen molar-refractivity contribution in [2.75, 3.05) is 11.9 Å². The summed E-state index contributed by atoms with van der Waals surface area (Å²) in [5.74, 6) is 0. The molecule has 0 heterocycles. The molecule has 1 aliphatic carbocycles. The number of hydrogen-bond donors (Lipinski definition) is 2. The molecule has 0 spiro atoms. The van der Waals surface area contributed by atoms with Gasteiger partial charge in [-0.1, -0.05) is 18.9 Å². The maximum atomic E-state index is 12.6. The van der Waals surface area contributed by atoms with E-state index in [-0.39, 0.29) is 5.54 Å². The number of benzene rings is 1. The minimum Gasteiger partial charge on any atom is -0.378 e. The minimum atomic E-state index is -4.30. The lowest BCUT2D eigenvalue weighted by Crippen LogP contribution is -2.42. The lowest BCUT2D eigenvalue weighted by atomic mass is 9.97. The number of nitrogens with two attached hydrogens (primary N) is 1. The van der Waals surface area contributed by atoms with E-state index in [0.717, 1.165) is 37.8 Å². The lowest BCUT2D eigenvalue weighted by Gasteiger charge is -2.30. The van der Waals surface area contributed by atoms with E-state index in [4.69, 9.17) is 5.73 Å². The summed E-state index contributed by atoms with van der Waals surface area (Å²) in [4.78, 5) is 0. The highest BCUT2D eigenvalue weighted by Gasteiger charge is 2.34. The fourth-order valence-corrected chi connectivity index (χ4v) is 2.51. The van der Waals surface area contributed by atoms with Crippen LogP contribution in [0.4, 0.5) is 18.9 Å². The molecule has 1 aromatic rings. The first-order valence-electron chi connectivity index (χ1n) is 6.11. The first-order valence-corrected chi connectivity index (χ1v) is 6.11. The van der Waals surface area contributed by atoms with E-state index in [9.17, 15) is 13.2 Å². The van der Waals surface area contributed by atoms with Gasteiger partial charge in [0, 0.05) is 17.8 Å². The van der Waals surface area contributed by atoms with Gasteiger partial charge in [-0.2, -0.15) is 13.2 Å². The van der Waals surface area contributed by atoms with Crippen LogP contribution in [0.25, 0.3) is 0 Å². The van der Waals surface area contributed by atoms with Gasteiger partial charge in [-0.05, 0) is 31.0 Å². The molecular weight excluding hydrogens is 241 g/mol. The van der Waals surface area contributed by atoms with Crippen LogP contribution in [0.2, 0.25) is 0 Å². The van der Waals surface area contributed by atoms with Crippen molar-refractivity contribution in [1.82, 2.24) is 0 Å². The van der Waals surface area contributed by atoms with E-state index >= 15 is 0 Å². The van der Waals surface area contributed by atoms with E-state index in [0.29, 0.717) is 12.2 Å².